The van der Waals surface area contributed by atoms with Gasteiger partial charge < -0.3 is 10.1 Å². The van der Waals surface area contributed by atoms with Crippen molar-refractivity contribution in [3.05, 3.63) is 65.5 Å². The maximum atomic E-state index is 13.5. The molecule has 2 aromatic carbocycles. The van der Waals surface area contributed by atoms with Crippen molar-refractivity contribution in [1.82, 2.24) is 5.32 Å². The van der Waals surface area contributed by atoms with E-state index in [0.29, 0.717) is 18.6 Å². The third-order valence-electron chi connectivity index (χ3n) is 3.51. The molecule has 1 unspecified atom stereocenters. The number of benzene rings is 2. The predicted octanol–water partition coefficient (Wildman–Crippen LogP) is 3.65. The van der Waals surface area contributed by atoms with Crippen LogP contribution in [0.2, 0.25) is 0 Å². The molecule has 0 fully saturated rings. The Morgan fingerprint density at radius 3 is 2.57 bits per heavy atom. The fraction of sp³-hybridized carbons (Fsp3) is 0.316. The zero-order chi connectivity index (χ0) is 16.7. The number of halogens is 1. The van der Waals surface area contributed by atoms with Crippen molar-refractivity contribution in [1.29, 1.82) is 0 Å². The molecule has 0 aromatic heterocycles. The number of hydrogen-bond acceptors (Lipinski definition) is 2. The van der Waals surface area contributed by atoms with Gasteiger partial charge in [0.15, 0.2) is 0 Å². The van der Waals surface area contributed by atoms with Gasteiger partial charge in [0.1, 0.15) is 18.2 Å². The molecule has 0 aliphatic heterocycles. The average molecular weight is 315 g/mol. The highest BCUT2D eigenvalue weighted by Gasteiger charge is 2.09. The highest BCUT2D eigenvalue weighted by molar-refractivity contribution is 5.76. The molecule has 23 heavy (non-hydrogen) atoms. The lowest BCUT2D eigenvalue weighted by atomic mass is 10.1. The van der Waals surface area contributed by atoms with E-state index in [2.05, 4.69) is 5.32 Å². The first-order valence-corrected chi connectivity index (χ1v) is 7.77. The first-order chi connectivity index (χ1) is 11.0. The standard InChI is InChI=1S/C19H22FNO2/c1-14-7-10-17(11-8-14)23-13-15(2)21-19(22)12-9-16-5-3-4-6-18(16)20/h3-8,10-11,15H,9,12-13H2,1-2H3,(H,21,22). The summed E-state index contributed by atoms with van der Waals surface area (Å²) in [7, 11) is 0. The molecule has 0 bridgehead atoms. The van der Waals surface area contributed by atoms with Gasteiger partial charge in [-0.2, -0.15) is 0 Å². The van der Waals surface area contributed by atoms with Gasteiger partial charge in [-0.1, -0.05) is 35.9 Å². The van der Waals surface area contributed by atoms with E-state index >= 15 is 0 Å². The largest absolute Gasteiger partial charge is 0.491 e. The van der Waals surface area contributed by atoms with E-state index in [1.54, 1.807) is 18.2 Å². The fourth-order valence-electron chi connectivity index (χ4n) is 2.19. The minimum absolute atomic E-state index is 0.103. The molecular formula is C19H22FNO2. The zero-order valence-electron chi connectivity index (χ0n) is 13.5. The van der Waals surface area contributed by atoms with E-state index in [-0.39, 0.29) is 24.2 Å². The van der Waals surface area contributed by atoms with Gasteiger partial charge in [-0.25, -0.2) is 4.39 Å². The summed E-state index contributed by atoms with van der Waals surface area (Å²) in [5, 5.41) is 2.86. The minimum Gasteiger partial charge on any atom is -0.491 e. The van der Waals surface area contributed by atoms with Crippen LogP contribution >= 0.6 is 0 Å². The normalized spacial score (nSPS) is 11.8. The maximum Gasteiger partial charge on any atom is 0.220 e. The summed E-state index contributed by atoms with van der Waals surface area (Å²) < 4.78 is 19.1. The molecule has 0 spiro atoms. The molecule has 122 valence electrons. The van der Waals surface area contributed by atoms with E-state index in [1.807, 2.05) is 38.1 Å². The van der Waals surface area contributed by atoms with Crippen LogP contribution in [0.5, 0.6) is 5.75 Å². The highest BCUT2D eigenvalue weighted by Crippen LogP contribution is 2.12. The summed E-state index contributed by atoms with van der Waals surface area (Å²) in [6.07, 6.45) is 0.653. The van der Waals surface area contributed by atoms with Crippen LogP contribution in [0, 0.1) is 12.7 Å². The minimum atomic E-state index is -0.268. The monoisotopic (exact) mass is 315 g/mol. The van der Waals surface area contributed by atoms with Crippen LogP contribution in [-0.2, 0) is 11.2 Å². The number of amides is 1. The van der Waals surface area contributed by atoms with Crippen LogP contribution in [0.25, 0.3) is 0 Å². The summed E-state index contributed by atoms with van der Waals surface area (Å²) in [5.74, 6) is 0.410. The Morgan fingerprint density at radius 2 is 1.87 bits per heavy atom. The number of carbonyl (C=O) groups excluding carboxylic acids is 1. The van der Waals surface area contributed by atoms with Gasteiger partial charge in [-0.15, -0.1) is 0 Å². The molecule has 0 aliphatic carbocycles. The first kappa shape index (κ1) is 17.0. The lowest BCUT2D eigenvalue weighted by Gasteiger charge is -2.15. The quantitative estimate of drug-likeness (QED) is 0.847. The molecule has 4 heteroatoms. The molecule has 2 rings (SSSR count). The molecule has 0 aliphatic rings. The van der Waals surface area contributed by atoms with Crippen molar-refractivity contribution in [3.8, 4) is 5.75 Å². The van der Waals surface area contributed by atoms with Gasteiger partial charge in [0, 0.05) is 6.42 Å². The second-order valence-corrected chi connectivity index (χ2v) is 5.68. The topological polar surface area (TPSA) is 38.3 Å². The smallest absolute Gasteiger partial charge is 0.220 e. The molecule has 3 nitrogen and oxygen atoms in total. The van der Waals surface area contributed by atoms with Crippen molar-refractivity contribution < 1.29 is 13.9 Å². The molecule has 0 saturated heterocycles. The lowest BCUT2D eigenvalue weighted by molar-refractivity contribution is -0.121. The summed E-state index contributed by atoms with van der Waals surface area (Å²) in [4.78, 5) is 11.9. The molecule has 1 N–H and O–H groups in total. The fourth-order valence-corrected chi connectivity index (χ4v) is 2.19. The second kappa shape index (κ2) is 8.32. The van der Waals surface area contributed by atoms with Crippen molar-refractivity contribution >= 4 is 5.91 Å². The Balaban J connectivity index is 1.72. The Morgan fingerprint density at radius 1 is 1.17 bits per heavy atom. The Hall–Kier alpha value is -2.36. The van der Waals surface area contributed by atoms with E-state index < -0.39 is 0 Å². The molecule has 0 heterocycles. The van der Waals surface area contributed by atoms with Crippen LogP contribution in [0.3, 0.4) is 0 Å². The van der Waals surface area contributed by atoms with Gasteiger partial charge in [0.2, 0.25) is 5.91 Å². The molecule has 2 aromatic rings. The van der Waals surface area contributed by atoms with Gasteiger partial charge in [0.05, 0.1) is 6.04 Å². The molecule has 0 saturated carbocycles. The summed E-state index contributed by atoms with van der Waals surface area (Å²) in [6, 6.07) is 14.2. The SMILES string of the molecule is Cc1ccc(OCC(C)NC(=O)CCc2ccccc2F)cc1. The van der Waals surface area contributed by atoms with Gasteiger partial charge in [-0.3, -0.25) is 4.79 Å². The van der Waals surface area contributed by atoms with E-state index in [9.17, 15) is 9.18 Å². The van der Waals surface area contributed by atoms with E-state index in [4.69, 9.17) is 4.74 Å². The first-order valence-electron chi connectivity index (χ1n) is 7.77. The number of carbonyl (C=O) groups is 1. The molecule has 1 amide bonds. The van der Waals surface area contributed by atoms with Crippen LogP contribution in [0.1, 0.15) is 24.5 Å². The number of ether oxygens (including phenoxy) is 1. The second-order valence-electron chi connectivity index (χ2n) is 5.68. The Kier molecular flexibility index (Phi) is 6.15. The van der Waals surface area contributed by atoms with Gasteiger partial charge >= 0.3 is 0 Å². The number of aryl methyl sites for hydroxylation is 2. The van der Waals surface area contributed by atoms with Crippen molar-refractivity contribution in [2.24, 2.45) is 0 Å². The van der Waals surface area contributed by atoms with Crippen molar-refractivity contribution in [2.45, 2.75) is 32.7 Å². The summed E-state index contributed by atoms with van der Waals surface area (Å²) in [5.41, 5.74) is 1.73. The maximum absolute atomic E-state index is 13.5. The third-order valence-corrected chi connectivity index (χ3v) is 3.51. The molecule has 0 radical (unpaired) electrons. The average Bonchev–Trinajstić information content (AvgIpc) is 2.53. The number of hydrogen-bond donors (Lipinski definition) is 1. The van der Waals surface area contributed by atoms with Gasteiger partial charge in [0.25, 0.3) is 0 Å². The summed E-state index contributed by atoms with van der Waals surface area (Å²) in [6.45, 7) is 4.30. The van der Waals surface area contributed by atoms with Crippen LogP contribution in [0.15, 0.2) is 48.5 Å². The van der Waals surface area contributed by atoms with Crippen LogP contribution < -0.4 is 10.1 Å². The van der Waals surface area contributed by atoms with Crippen LogP contribution in [-0.4, -0.2) is 18.6 Å². The molecular weight excluding hydrogens is 293 g/mol. The zero-order valence-corrected chi connectivity index (χ0v) is 13.5. The lowest BCUT2D eigenvalue weighted by Crippen LogP contribution is -2.36. The Bertz CT molecular complexity index is 640. The molecule has 1 atom stereocenters. The van der Waals surface area contributed by atoms with Crippen LogP contribution in [0.4, 0.5) is 4.39 Å². The van der Waals surface area contributed by atoms with Crippen molar-refractivity contribution in [2.75, 3.05) is 6.61 Å². The van der Waals surface area contributed by atoms with E-state index in [0.717, 1.165) is 5.75 Å². The number of nitrogens with one attached hydrogen (secondary N) is 1. The Labute approximate surface area is 136 Å². The van der Waals surface area contributed by atoms with Gasteiger partial charge in [-0.05, 0) is 44.0 Å². The summed E-state index contributed by atoms with van der Waals surface area (Å²) >= 11 is 0. The third kappa shape index (κ3) is 5.74. The van der Waals surface area contributed by atoms with Crippen molar-refractivity contribution in [3.63, 3.8) is 0 Å². The highest BCUT2D eigenvalue weighted by atomic mass is 19.1. The van der Waals surface area contributed by atoms with E-state index in [1.165, 1.54) is 11.6 Å². The number of rotatable bonds is 7. The predicted molar refractivity (Wildman–Crippen MR) is 89.0 cm³/mol.